The lowest BCUT2D eigenvalue weighted by Crippen LogP contribution is -2.41. The first-order valence-corrected chi connectivity index (χ1v) is 11.9. The lowest BCUT2D eigenvalue weighted by atomic mass is 9.98. The van der Waals surface area contributed by atoms with Crippen LogP contribution in [0.25, 0.3) is 11.2 Å². The summed E-state index contributed by atoms with van der Waals surface area (Å²) >= 11 is 0. The van der Waals surface area contributed by atoms with Gasteiger partial charge in [-0.15, -0.1) is 0 Å². The highest BCUT2D eigenvalue weighted by Crippen LogP contribution is 2.43. The highest BCUT2D eigenvalue weighted by atomic mass is 31.1. The molecule has 3 N–H and O–H groups in total. The van der Waals surface area contributed by atoms with E-state index in [-0.39, 0.29) is 35.1 Å². The number of esters is 1. The number of aromatic nitrogens is 4. The van der Waals surface area contributed by atoms with Crippen molar-refractivity contribution in [2.45, 2.75) is 44.0 Å². The third-order valence-corrected chi connectivity index (χ3v) is 6.48. The van der Waals surface area contributed by atoms with Gasteiger partial charge in [-0.25, -0.2) is 24.1 Å². The SMILES string of the molecule is COC(=O)[C@H](C)/N=[P+](\[O-])Oc1ccccc1OC[C@H]1O[C@@H](n2cnc3c(N)ncnc32)[C@](C)(F)[C@@H]1O. The number of alkyl halides is 1. The molecule has 1 saturated heterocycles. The van der Waals surface area contributed by atoms with Crippen molar-refractivity contribution in [1.29, 1.82) is 0 Å². The van der Waals surface area contributed by atoms with Gasteiger partial charge in [-0.05, 0) is 26.0 Å². The predicted octanol–water partition coefficient (Wildman–Crippen LogP) is 1.27. The Morgan fingerprint density at radius 1 is 1.39 bits per heavy atom. The van der Waals surface area contributed by atoms with Crippen LogP contribution in [-0.2, 0) is 14.3 Å². The van der Waals surface area contributed by atoms with Crippen LogP contribution in [0.4, 0.5) is 10.2 Å². The van der Waals surface area contributed by atoms with E-state index in [1.54, 1.807) is 12.1 Å². The van der Waals surface area contributed by atoms with Gasteiger partial charge in [-0.1, -0.05) is 16.9 Å². The Labute approximate surface area is 205 Å². The van der Waals surface area contributed by atoms with Gasteiger partial charge in [0.15, 0.2) is 35.2 Å². The van der Waals surface area contributed by atoms with Gasteiger partial charge in [0.05, 0.1) is 13.4 Å². The Balaban J connectivity index is 1.49. The zero-order valence-electron chi connectivity index (χ0n) is 19.5. The summed E-state index contributed by atoms with van der Waals surface area (Å²) in [6, 6.07) is 5.27. The average Bonchev–Trinajstić information content (AvgIpc) is 3.37. The quantitative estimate of drug-likeness (QED) is 0.321. The predicted molar refractivity (Wildman–Crippen MR) is 123 cm³/mol. The fourth-order valence-electron chi connectivity index (χ4n) is 3.68. The largest absolute Gasteiger partial charge is 0.575 e. The molecule has 3 aromatic rings. The number of hydrogen-bond donors (Lipinski definition) is 2. The van der Waals surface area contributed by atoms with E-state index in [0.29, 0.717) is 0 Å². The number of nitrogen functional groups attached to an aromatic ring is 1. The lowest BCUT2D eigenvalue weighted by Gasteiger charge is -2.24. The molecule has 0 spiro atoms. The highest BCUT2D eigenvalue weighted by Gasteiger charge is 2.55. The van der Waals surface area contributed by atoms with Crippen LogP contribution >= 0.6 is 8.17 Å². The van der Waals surface area contributed by atoms with Crippen molar-refractivity contribution in [2.24, 2.45) is 4.74 Å². The first kappa shape index (κ1) is 25.6. The van der Waals surface area contributed by atoms with Gasteiger partial charge in [-0.3, -0.25) is 9.09 Å². The second-order valence-corrected chi connectivity index (χ2v) is 9.00. The minimum absolute atomic E-state index is 0.0688. The molecule has 0 saturated carbocycles. The number of para-hydroxylation sites is 2. The molecule has 0 aliphatic carbocycles. The van der Waals surface area contributed by atoms with Gasteiger partial charge >= 0.3 is 14.1 Å². The molecule has 1 unspecified atom stereocenters. The molecule has 4 rings (SSSR count). The first-order valence-electron chi connectivity index (χ1n) is 10.7. The Hall–Kier alpha value is -3.45. The maximum Gasteiger partial charge on any atom is 0.395 e. The summed E-state index contributed by atoms with van der Waals surface area (Å²) in [5.74, 6) is -0.322. The summed E-state index contributed by atoms with van der Waals surface area (Å²) in [7, 11) is -1.44. The van der Waals surface area contributed by atoms with Crippen molar-refractivity contribution in [2.75, 3.05) is 19.5 Å². The van der Waals surface area contributed by atoms with Crippen LogP contribution in [0.1, 0.15) is 20.1 Å². The summed E-state index contributed by atoms with van der Waals surface area (Å²) in [5, 5.41) is 10.7. The summed E-state index contributed by atoms with van der Waals surface area (Å²) in [6.45, 7) is 2.34. The number of halogens is 1. The Bertz CT molecular complexity index is 1290. The second kappa shape index (κ2) is 10.3. The minimum atomic E-state index is -2.63. The number of nitrogens with two attached hydrogens (primary N) is 1. The second-order valence-electron chi connectivity index (χ2n) is 8.11. The van der Waals surface area contributed by atoms with E-state index in [4.69, 9.17) is 19.7 Å². The number of benzene rings is 1. The van der Waals surface area contributed by atoms with Crippen LogP contribution in [0.15, 0.2) is 41.7 Å². The van der Waals surface area contributed by atoms with Gasteiger partial charge in [0.1, 0.15) is 30.7 Å². The Morgan fingerprint density at radius 2 is 2.11 bits per heavy atom. The Kier molecular flexibility index (Phi) is 7.31. The van der Waals surface area contributed by atoms with Crippen LogP contribution in [0.3, 0.4) is 0 Å². The molecular formula is C21H24FN6O7P. The van der Waals surface area contributed by atoms with Crippen LogP contribution in [0.2, 0.25) is 0 Å². The number of rotatable bonds is 8. The zero-order valence-corrected chi connectivity index (χ0v) is 20.4. The third-order valence-electron chi connectivity index (χ3n) is 5.60. The number of aliphatic hydroxyl groups is 1. The van der Waals surface area contributed by atoms with Gasteiger partial charge in [-0.2, -0.15) is 0 Å². The molecule has 3 heterocycles. The molecule has 1 aromatic carbocycles. The van der Waals surface area contributed by atoms with Crippen LogP contribution in [0.5, 0.6) is 11.5 Å². The van der Waals surface area contributed by atoms with Crippen molar-refractivity contribution < 1.29 is 37.9 Å². The number of nitrogens with zero attached hydrogens (tertiary/aromatic N) is 5. The average molecular weight is 522 g/mol. The summed E-state index contributed by atoms with van der Waals surface area (Å²) < 4.78 is 42.1. The van der Waals surface area contributed by atoms with E-state index >= 15 is 4.39 Å². The molecular weight excluding hydrogens is 498 g/mol. The number of methoxy groups -OCH3 is 1. The van der Waals surface area contributed by atoms with E-state index in [1.165, 1.54) is 50.3 Å². The van der Waals surface area contributed by atoms with Gasteiger partial charge < -0.3 is 29.9 Å². The number of carbonyl (C=O) groups is 1. The summed E-state index contributed by atoms with van der Waals surface area (Å²) in [6.07, 6.45) is -1.41. The molecule has 15 heteroatoms. The third kappa shape index (κ3) is 4.93. The van der Waals surface area contributed by atoms with E-state index < -0.39 is 44.3 Å². The van der Waals surface area contributed by atoms with E-state index in [9.17, 15) is 14.8 Å². The fraction of sp³-hybridized carbons (Fsp3) is 0.429. The van der Waals surface area contributed by atoms with Crippen LogP contribution < -0.4 is 19.9 Å². The van der Waals surface area contributed by atoms with E-state index in [2.05, 4.69) is 24.4 Å². The summed E-state index contributed by atoms with van der Waals surface area (Å²) in [5.41, 5.74) is 4.10. The molecule has 6 atom stereocenters. The zero-order chi connectivity index (χ0) is 26.0. The topological polar surface area (TPSA) is 179 Å². The molecule has 1 aliphatic rings. The van der Waals surface area contributed by atoms with E-state index in [0.717, 1.165) is 0 Å². The maximum absolute atomic E-state index is 15.6. The maximum atomic E-state index is 15.6. The van der Waals surface area contributed by atoms with Crippen molar-refractivity contribution >= 4 is 31.1 Å². The smallest absolute Gasteiger partial charge is 0.395 e. The number of fused-ring (bicyclic) bond motifs is 1. The summed E-state index contributed by atoms with van der Waals surface area (Å²) in [4.78, 5) is 35.8. The lowest BCUT2D eigenvalue weighted by molar-refractivity contribution is -0.169. The molecule has 13 nitrogen and oxygen atoms in total. The number of imidazole rings is 1. The van der Waals surface area contributed by atoms with Crippen molar-refractivity contribution in [1.82, 2.24) is 19.5 Å². The van der Waals surface area contributed by atoms with Gasteiger partial charge in [0, 0.05) is 0 Å². The number of ether oxygens (including phenoxy) is 3. The molecule has 0 bridgehead atoms. The number of carbonyl (C=O) groups excluding carboxylic acids is 1. The van der Waals surface area contributed by atoms with E-state index in [1.807, 2.05) is 0 Å². The van der Waals surface area contributed by atoms with Gasteiger partial charge in [0.2, 0.25) is 5.75 Å². The Morgan fingerprint density at radius 3 is 2.83 bits per heavy atom. The molecule has 0 radical (unpaired) electrons. The highest BCUT2D eigenvalue weighted by molar-refractivity contribution is 7.34. The van der Waals surface area contributed by atoms with Crippen LogP contribution in [-0.4, -0.2) is 68.2 Å². The number of anilines is 1. The molecule has 192 valence electrons. The van der Waals surface area contributed by atoms with Crippen molar-refractivity contribution in [3.05, 3.63) is 36.9 Å². The van der Waals surface area contributed by atoms with Crippen molar-refractivity contribution in [3.8, 4) is 11.5 Å². The van der Waals surface area contributed by atoms with Crippen molar-refractivity contribution in [3.63, 3.8) is 0 Å². The standard InChI is InChI=1S/C21H24FN6O7P/c1-11(19(30)32-3)27-36(31)35-13-7-5-4-6-12(13)33-8-14-16(29)21(2,22)20(34-14)28-10-26-15-17(23)24-9-25-18(15)28/h4-7,9-11,14,16,20,29H,8H2,1-3H3,(H2,23,24,25)/t11-,14+,16+,20+,21+/m0/s1. The molecule has 1 fully saturated rings. The molecule has 1 aliphatic heterocycles. The van der Waals surface area contributed by atoms with Crippen LogP contribution in [0, 0.1) is 0 Å². The monoisotopic (exact) mass is 522 g/mol. The fourth-order valence-corrected chi connectivity index (χ4v) is 4.42. The number of hydrogen-bond acceptors (Lipinski definition) is 12. The molecule has 0 amide bonds. The number of aliphatic hydroxyl groups excluding tert-OH is 1. The normalized spacial score (nSPS) is 25.1. The molecule has 2 aromatic heterocycles. The molecule has 36 heavy (non-hydrogen) atoms. The van der Waals surface area contributed by atoms with Gasteiger partial charge in [0.25, 0.3) is 0 Å². The minimum Gasteiger partial charge on any atom is -0.575 e. The first-order chi connectivity index (χ1) is 17.1.